The van der Waals surface area contributed by atoms with Crippen LogP contribution in [0, 0.1) is 17.2 Å². The van der Waals surface area contributed by atoms with Crippen LogP contribution in [0.3, 0.4) is 0 Å². The molecule has 0 unspecified atom stereocenters. The van der Waals surface area contributed by atoms with Crippen molar-refractivity contribution in [2.75, 3.05) is 19.8 Å². The smallest absolute Gasteiger partial charge is 0.0991 e. The van der Waals surface area contributed by atoms with Gasteiger partial charge in [0.15, 0.2) is 0 Å². The SMILES string of the molecule is N#Cc1ccc(CNCC2CCOCC2)cc1. The molecule has 0 aromatic heterocycles. The molecule has 1 aromatic carbocycles. The Labute approximate surface area is 102 Å². The summed E-state index contributed by atoms with van der Waals surface area (Å²) < 4.78 is 5.33. The zero-order chi connectivity index (χ0) is 11.9. The molecule has 1 saturated heterocycles. The van der Waals surface area contributed by atoms with Crippen molar-refractivity contribution in [1.82, 2.24) is 5.32 Å². The minimum absolute atomic E-state index is 0.721. The van der Waals surface area contributed by atoms with Gasteiger partial charge in [-0.1, -0.05) is 12.1 Å². The third-order valence-corrected chi connectivity index (χ3v) is 3.19. The quantitative estimate of drug-likeness (QED) is 0.861. The molecule has 0 saturated carbocycles. The van der Waals surface area contributed by atoms with Crippen LogP contribution in [0.4, 0.5) is 0 Å². The molecule has 1 fully saturated rings. The third-order valence-electron chi connectivity index (χ3n) is 3.19. The molecular formula is C14H18N2O. The summed E-state index contributed by atoms with van der Waals surface area (Å²) in [6.45, 7) is 3.75. The molecule has 1 N–H and O–H groups in total. The van der Waals surface area contributed by atoms with Crippen molar-refractivity contribution < 1.29 is 4.74 Å². The Morgan fingerprint density at radius 2 is 1.94 bits per heavy atom. The summed E-state index contributed by atoms with van der Waals surface area (Å²) in [6.07, 6.45) is 2.33. The maximum Gasteiger partial charge on any atom is 0.0991 e. The standard InChI is InChI=1S/C14H18N2O/c15-9-12-1-3-13(4-2-12)10-16-11-14-5-7-17-8-6-14/h1-4,14,16H,5-8,10-11H2. The Hall–Kier alpha value is -1.37. The molecule has 1 heterocycles. The second-order valence-corrected chi connectivity index (χ2v) is 4.50. The number of hydrogen-bond acceptors (Lipinski definition) is 3. The van der Waals surface area contributed by atoms with Crippen LogP contribution in [0.15, 0.2) is 24.3 Å². The normalized spacial score (nSPS) is 16.6. The van der Waals surface area contributed by atoms with Crippen molar-refractivity contribution >= 4 is 0 Å². The Morgan fingerprint density at radius 1 is 1.24 bits per heavy atom. The lowest BCUT2D eigenvalue weighted by atomic mass is 10.0. The zero-order valence-electron chi connectivity index (χ0n) is 9.98. The van der Waals surface area contributed by atoms with Gasteiger partial charge >= 0.3 is 0 Å². The van der Waals surface area contributed by atoms with E-state index in [1.807, 2.05) is 24.3 Å². The molecule has 0 radical (unpaired) electrons. The van der Waals surface area contributed by atoms with Crippen LogP contribution < -0.4 is 5.32 Å². The number of nitrogens with zero attached hydrogens (tertiary/aromatic N) is 1. The molecule has 1 aliphatic heterocycles. The highest BCUT2D eigenvalue weighted by molar-refractivity contribution is 5.31. The predicted molar refractivity (Wildman–Crippen MR) is 66.4 cm³/mol. The molecule has 0 spiro atoms. The molecular weight excluding hydrogens is 212 g/mol. The van der Waals surface area contributed by atoms with Gasteiger partial charge in [-0.25, -0.2) is 0 Å². The van der Waals surface area contributed by atoms with Crippen molar-refractivity contribution in [1.29, 1.82) is 5.26 Å². The van der Waals surface area contributed by atoms with Gasteiger partial charge in [-0.05, 0) is 43.0 Å². The highest BCUT2D eigenvalue weighted by atomic mass is 16.5. The maximum atomic E-state index is 8.70. The molecule has 0 atom stereocenters. The van der Waals surface area contributed by atoms with Crippen molar-refractivity contribution in [2.45, 2.75) is 19.4 Å². The van der Waals surface area contributed by atoms with Crippen LogP contribution in [0.25, 0.3) is 0 Å². The van der Waals surface area contributed by atoms with E-state index in [-0.39, 0.29) is 0 Å². The number of hydrogen-bond donors (Lipinski definition) is 1. The highest BCUT2D eigenvalue weighted by Crippen LogP contribution is 2.13. The summed E-state index contributed by atoms with van der Waals surface area (Å²) in [7, 11) is 0. The van der Waals surface area contributed by atoms with Crippen LogP contribution in [0.2, 0.25) is 0 Å². The van der Waals surface area contributed by atoms with Gasteiger partial charge in [-0.3, -0.25) is 0 Å². The fraction of sp³-hybridized carbons (Fsp3) is 0.500. The Kier molecular flexibility index (Phi) is 4.54. The first-order valence-corrected chi connectivity index (χ1v) is 6.16. The average Bonchev–Trinajstić information content (AvgIpc) is 2.41. The van der Waals surface area contributed by atoms with Crippen LogP contribution in [-0.4, -0.2) is 19.8 Å². The van der Waals surface area contributed by atoms with Gasteiger partial charge < -0.3 is 10.1 Å². The molecule has 1 aliphatic rings. The van der Waals surface area contributed by atoms with E-state index in [4.69, 9.17) is 10.00 Å². The van der Waals surface area contributed by atoms with Crippen molar-refractivity contribution in [3.05, 3.63) is 35.4 Å². The summed E-state index contributed by atoms with van der Waals surface area (Å²) in [5, 5.41) is 12.2. The second-order valence-electron chi connectivity index (χ2n) is 4.50. The summed E-state index contributed by atoms with van der Waals surface area (Å²) in [6, 6.07) is 9.88. The molecule has 0 bridgehead atoms. The summed E-state index contributed by atoms with van der Waals surface area (Å²) >= 11 is 0. The van der Waals surface area contributed by atoms with Gasteiger partial charge in [0.2, 0.25) is 0 Å². The summed E-state index contributed by atoms with van der Waals surface area (Å²) in [5.74, 6) is 0.752. The molecule has 2 rings (SSSR count). The highest BCUT2D eigenvalue weighted by Gasteiger charge is 2.12. The van der Waals surface area contributed by atoms with E-state index in [2.05, 4.69) is 11.4 Å². The number of nitriles is 1. The van der Waals surface area contributed by atoms with E-state index in [0.717, 1.165) is 37.8 Å². The first kappa shape index (κ1) is 12.1. The lowest BCUT2D eigenvalue weighted by Gasteiger charge is -2.22. The van der Waals surface area contributed by atoms with Gasteiger partial charge in [0.05, 0.1) is 11.6 Å². The van der Waals surface area contributed by atoms with E-state index in [1.54, 1.807) is 0 Å². The maximum absolute atomic E-state index is 8.70. The monoisotopic (exact) mass is 230 g/mol. The van der Waals surface area contributed by atoms with E-state index >= 15 is 0 Å². The van der Waals surface area contributed by atoms with Gasteiger partial charge in [-0.15, -0.1) is 0 Å². The van der Waals surface area contributed by atoms with Crippen molar-refractivity contribution in [2.24, 2.45) is 5.92 Å². The van der Waals surface area contributed by atoms with Crippen molar-refractivity contribution in [3.8, 4) is 6.07 Å². The first-order valence-electron chi connectivity index (χ1n) is 6.16. The number of nitrogens with one attached hydrogen (secondary N) is 1. The fourth-order valence-corrected chi connectivity index (χ4v) is 2.07. The predicted octanol–water partition coefficient (Wildman–Crippen LogP) is 2.07. The summed E-state index contributed by atoms with van der Waals surface area (Å²) in [4.78, 5) is 0. The lowest BCUT2D eigenvalue weighted by molar-refractivity contribution is 0.0662. The minimum Gasteiger partial charge on any atom is -0.381 e. The molecule has 0 aliphatic carbocycles. The number of rotatable bonds is 4. The molecule has 90 valence electrons. The van der Waals surface area contributed by atoms with E-state index < -0.39 is 0 Å². The van der Waals surface area contributed by atoms with Gasteiger partial charge in [0.1, 0.15) is 0 Å². The van der Waals surface area contributed by atoms with E-state index in [9.17, 15) is 0 Å². The Balaban J connectivity index is 1.72. The Bertz CT molecular complexity index is 374. The lowest BCUT2D eigenvalue weighted by Crippen LogP contribution is -2.27. The van der Waals surface area contributed by atoms with Crippen LogP contribution in [0.5, 0.6) is 0 Å². The Morgan fingerprint density at radius 3 is 2.59 bits per heavy atom. The number of benzene rings is 1. The first-order chi connectivity index (χ1) is 8.38. The minimum atomic E-state index is 0.721. The van der Waals surface area contributed by atoms with Gasteiger partial charge in [0.25, 0.3) is 0 Å². The average molecular weight is 230 g/mol. The van der Waals surface area contributed by atoms with Crippen LogP contribution in [0.1, 0.15) is 24.0 Å². The summed E-state index contributed by atoms with van der Waals surface area (Å²) in [5.41, 5.74) is 1.95. The van der Waals surface area contributed by atoms with E-state index in [0.29, 0.717) is 0 Å². The van der Waals surface area contributed by atoms with Crippen molar-refractivity contribution in [3.63, 3.8) is 0 Å². The van der Waals surface area contributed by atoms with Gasteiger partial charge in [-0.2, -0.15) is 5.26 Å². The van der Waals surface area contributed by atoms with Crippen LogP contribution >= 0.6 is 0 Å². The fourth-order valence-electron chi connectivity index (χ4n) is 2.07. The molecule has 17 heavy (non-hydrogen) atoms. The second kappa shape index (κ2) is 6.39. The molecule has 1 aromatic rings. The number of ether oxygens (including phenoxy) is 1. The molecule has 3 nitrogen and oxygen atoms in total. The molecule has 3 heteroatoms. The largest absolute Gasteiger partial charge is 0.381 e. The van der Waals surface area contributed by atoms with Gasteiger partial charge in [0, 0.05) is 19.8 Å². The van der Waals surface area contributed by atoms with E-state index in [1.165, 1.54) is 18.4 Å². The zero-order valence-corrected chi connectivity index (χ0v) is 9.98. The van der Waals surface area contributed by atoms with Crippen LogP contribution in [-0.2, 0) is 11.3 Å². The topological polar surface area (TPSA) is 45.0 Å². The molecule has 0 amide bonds. The third kappa shape index (κ3) is 3.85.